The van der Waals surface area contributed by atoms with Crippen LogP contribution in [-0.2, 0) is 35.1 Å². The Bertz CT molecular complexity index is 1770. The summed E-state index contributed by atoms with van der Waals surface area (Å²) in [5, 5.41) is 0. The zero-order chi connectivity index (χ0) is 29.5. The number of nitrogens with zero attached hydrogens (tertiary/aromatic N) is 4. The van der Waals surface area contributed by atoms with Gasteiger partial charge < -0.3 is 4.98 Å². The number of rotatable bonds is 7. The molecular weight excluding hydrogens is 538 g/mol. The van der Waals surface area contributed by atoms with Gasteiger partial charge in [0.2, 0.25) is 10.0 Å². The summed E-state index contributed by atoms with van der Waals surface area (Å²) >= 11 is 0. The molecule has 1 aliphatic heterocycles. The molecule has 1 fully saturated rings. The summed E-state index contributed by atoms with van der Waals surface area (Å²) in [7, 11) is -3.64. The minimum absolute atomic E-state index is 0.115. The summed E-state index contributed by atoms with van der Waals surface area (Å²) in [5.74, 6) is 0. The van der Waals surface area contributed by atoms with Crippen molar-refractivity contribution in [1.29, 1.82) is 0 Å². The van der Waals surface area contributed by atoms with Crippen molar-refractivity contribution in [1.82, 2.24) is 23.3 Å². The molecule has 0 aliphatic carbocycles. The topological polar surface area (TPSA) is 100 Å². The highest BCUT2D eigenvalue weighted by Crippen LogP contribution is 2.26. The smallest absolute Gasteiger partial charge is 0.331 e. The normalized spacial score (nSPS) is 15.5. The lowest BCUT2D eigenvalue weighted by Gasteiger charge is -2.34. The highest BCUT2D eigenvalue weighted by Gasteiger charge is 2.28. The number of aromatic amines is 1. The van der Waals surface area contributed by atoms with Gasteiger partial charge in [0.25, 0.3) is 5.56 Å². The highest BCUT2D eigenvalue weighted by molar-refractivity contribution is 7.89. The van der Waals surface area contributed by atoms with Crippen LogP contribution in [0.1, 0.15) is 45.7 Å². The summed E-state index contributed by atoms with van der Waals surface area (Å²) in [6.45, 7) is 14.0. The molecule has 3 heterocycles. The third-order valence-electron chi connectivity index (χ3n) is 8.00. The Morgan fingerprint density at radius 2 is 1.44 bits per heavy atom. The third-order valence-corrected chi connectivity index (χ3v) is 9.91. The number of aryl methyl sites for hydroxylation is 1. The molecule has 0 radical (unpaired) electrons. The molecule has 1 N–H and O–H groups in total. The first-order valence-corrected chi connectivity index (χ1v) is 15.7. The maximum atomic E-state index is 13.4. The SMILES string of the molecule is CCn1c(=O)c2[nH]c(-c3ccc(S(=O)(=O)N4CCN(Cc5ccc(C(C)(C)C)cc5)CC4)cc3)cc2n(CC)c1=O. The van der Waals surface area contributed by atoms with E-state index in [2.05, 4.69) is 54.9 Å². The van der Waals surface area contributed by atoms with E-state index in [1.807, 2.05) is 6.92 Å². The number of hydrogen-bond donors (Lipinski definition) is 1. The van der Waals surface area contributed by atoms with E-state index in [0.717, 1.165) is 12.1 Å². The van der Waals surface area contributed by atoms with E-state index < -0.39 is 10.0 Å². The maximum Gasteiger partial charge on any atom is 0.331 e. The van der Waals surface area contributed by atoms with Crippen LogP contribution in [0, 0.1) is 0 Å². The van der Waals surface area contributed by atoms with E-state index in [1.165, 1.54) is 15.7 Å². The first-order chi connectivity index (χ1) is 19.4. The number of fused-ring (bicyclic) bond motifs is 1. The van der Waals surface area contributed by atoms with Crippen molar-refractivity contribution in [3.63, 3.8) is 0 Å². The molecule has 0 amide bonds. The molecule has 2 aromatic carbocycles. The van der Waals surface area contributed by atoms with Crippen LogP contribution >= 0.6 is 0 Å². The monoisotopic (exact) mass is 577 g/mol. The molecule has 10 heteroatoms. The summed E-state index contributed by atoms with van der Waals surface area (Å²) in [6, 6.07) is 17.2. The van der Waals surface area contributed by atoms with Crippen LogP contribution in [0.2, 0.25) is 0 Å². The largest absolute Gasteiger partial charge is 0.349 e. The standard InChI is InChI=1S/C31H39N5O4S/c1-6-35-27-20-26(32-28(27)29(37)36(7-2)30(35)38)23-10-14-25(15-11-23)41(39,40)34-18-16-33(17-19-34)21-22-8-12-24(13-9-22)31(3,4)5/h8-15,20,32H,6-7,16-19,21H2,1-5H3. The van der Waals surface area contributed by atoms with Crippen LogP contribution in [0.5, 0.6) is 0 Å². The van der Waals surface area contributed by atoms with Crippen LogP contribution in [0.15, 0.2) is 69.1 Å². The lowest BCUT2D eigenvalue weighted by atomic mass is 9.87. The van der Waals surface area contributed by atoms with E-state index in [0.29, 0.717) is 49.5 Å². The van der Waals surface area contributed by atoms with Crippen LogP contribution < -0.4 is 11.2 Å². The fourth-order valence-electron chi connectivity index (χ4n) is 5.48. The minimum Gasteiger partial charge on any atom is -0.349 e. The van der Waals surface area contributed by atoms with Gasteiger partial charge in [-0.05, 0) is 54.2 Å². The summed E-state index contributed by atoms with van der Waals surface area (Å²) in [5.41, 5.74) is 4.25. The number of aromatic nitrogens is 3. The lowest BCUT2D eigenvalue weighted by Crippen LogP contribution is -2.48. The molecule has 9 nitrogen and oxygen atoms in total. The van der Waals surface area contributed by atoms with Gasteiger partial charge in [-0.3, -0.25) is 18.8 Å². The average molecular weight is 578 g/mol. The fourth-order valence-corrected chi connectivity index (χ4v) is 6.90. The molecule has 2 aromatic heterocycles. The van der Waals surface area contributed by atoms with Gasteiger partial charge in [0.05, 0.1) is 10.4 Å². The predicted octanol–water partition coefficient (Wildman–Crippen LogP) is 4.00. The van der Waals surface area contributed by atoms with Crippen molar-refractivity contribution in [3.8, 4) is 11.3 Å². The quantitative estimate of drug-likeness (QED) is 0.358. The van der Waals surface area contributed by atoms with Crippen molar-refractivity contribution in [2.75, 3.05) is 26.2 Å². The number of H-pyrrole nitrogens is 1. The second kappa shape index (κ2) is 11.1. The molecule has 1 saturated heterocycles. The van der Waals surface area contributed by atoms with Gasteiger partial charge in [0, 0.05) is 51.5 Å². The minimum atomic E-state index is -3.64. The first kappa shape index (κ1) is 29.0. The summed E-state index contributed by atoms with van der Waals surface area (Å²) in [4.78, 5) is 31.3. The first-order valence-electron chi connectivity index (χ1n) is 14.2. The zero-order valence-electron chi connectivity index (χ0n) is 24.5. The molecule has 0 saturated carbocycles. The van der Waals surface area contributed by atoms with E-state index in [4.69, 9.17) is 0 Å². The van der Waals surface area contributed by atoms with E-state index in [-0.39, 0.29) is 28.1 Å². The molecule has 41 heavy (non-hydrogen) atoms. The van der Waals surface area contributed by atoms with Crippen molar-refractivity contribution < 1.29 is 8.42 Å². The molecule has 1 aliphatic rings. The van der Waals surface area contributed by atoms with Gasteiger partial charge in [0.15, 0.2) is 0 Å². The van der Waals surface area contributed by atoms with Gasteiger partial charge in [-0.15, -0.1) is 0 Å². The van der Waals surface area contributed by atoms with E-state index in [9.17, 15) is 18.0 Å². The Labute approximate surface area is 241 Å². The van der Waals surface area contributed by atoms with Crippen molar-refractivity contribution in [2.45, 2.75) is 64.6 Å². The van der Waals surface area contributed by atoms with Crippen molar-refractivity contribution in [2.24, 2.45) is 0 Å². The molecule has 0 spiro atoms. The summed E-state index contributed by atoms with van der Waals surface area (Å²) in [6.07, 6.45) is 0. The Morgan fingerprint density at radius 3 is 2.00 bits per heavy atom. The molecule has 0 atom stereocenters. The molecular formula is C31H39N5O4S. The molecule has 0 bridgehead atoms. The number of nitrogens with one attached hydrogen (secondary N) is 1. The van der Waals surface area contributed by atoms with Gasteiger partial charge in [-0.2, -0.15) is 4.31 Å². The van der Waals surface area contributed by atoms with Crippen molar-refractivity contribution >= 4 is 21.1 Å². The third kappa shape index (κ3) is 5.56. The number of sulfonamides is 1. The Balaban J connectivity index is 1.29. The lowest BCUT2D eigenvalue weighted by molar-refractivity contribution is 0.181. The van der Waals surface area contributed by atoms with Crippen LogP contribution in [0.25, 0.3) is 22.3 Å². The average Bonchev–Trinajstić information content (AvgIpc) is 3.39. The van der Waals surface area contributed by atoms with E-state index >= 15 is 0 Å². The fraction of sp³-hybridized carbons (Fsp3) is 0.419. The summed E-state index contributed by atoms with van der Waals surface area (Å²) < 4.78 is 31.2. The van der Waals surface area contributed by atoms with Crippen molar-refractivity contribution in [3.05, 3.63) is 86.6 Å². The number of hydrogen-bond acceptors (Lipinski definition) is 5. The number of benzene rings is 2. The molecule has 4 aromatic rings. The molecule has 218 valence electrons. The van der Waals surface area contributed by atoms with Gasteiger partial charge in [-0.1, -0.05) is 57.2 Å². The molecule has 5 rings (SSSR count). The maximum absolute atomic E-state index is 13.4. The number of piperazine rings is 1. The Hall–Kier alpha value is -3.47. The van der Waals surface area contributed by atoms with Crippen LogP contribution in [-0.4, -0.2) is 57.9 Å². The van der Waals surface area contributed by atoms with Gasteiger partial charge in [-0.25, -0.2) is 13.2 Å². The van der Waals surface area contributed by atoms with Gasteiger partial charge in [0.1, 0.15) is 5.52 Å². The Kier molecular flexibility index (Phi) is 7.84. The second-order valence-electron chi connectivity index (χ2n) is 11.7. The van der Waals surface area contributed by atoms with E-state index in [1.54, 1.807) is 46.1 Å². The van der Waals surface area contributed by atoms with Gasteiger partial charge >= 0.3 is 5.69 Å². The second-order valence-corrected chi connectivity index (χ2v) is 13.6. The van der Waals surface area contributed by atoms with Crippen LogP contribution in [0.3, 0.4) is 0 Å². The molecule has 0 unspecified atom stereocenters. The predicted molar refractivity (Wildman–Crippen MR) is 163 cm³/mol. The zero-order valence-corrected chi connectivity index (χ0v) is 25.3. The highest BCUT2D eigenvalue weighted by atomic mass is 32.2. The van der Waals surface area contributed by atoms with Crippen LogP contribution in [0.4, 0.5) is 0 Å². The Morgan fingerprint density at radius 1 is 0.829 bits per heavy atom.